The zero-order valence-corrected chi connectivity index (χ0v) is 12.4. The summed E-state index contributed by atoms with van der Waals surface area (Å²) in [4.78, 5) is 22.8. The second-order valence-electron chi connectivity index (χ2n) is 5.39. The number of amides is 1. The lowest BCUT2D eigenvalue weighted by molar-refractivity contribution is -0.189. The molecule has 0 radical (unpaired) electrons. The van der Waals surface area contributed by atoms with E-state index in [1.807, 2.05) is 13.8 Å². The first kappa shape index (κ1) is 16.0. The van der Waals surface area contributed by atoms with Crippen molar-refractivity contribution in [1.29, 1.82) is 0 Å². The molecule has 5 unspecified atom stereocenters. The van der Waals surface area contributed by atoms with Gasteiger partial charge in [0.2, 0.25) is 5.91 Å². The van der Waals surface area contributed by atoms with E-state index in [4.69, 9.17) is 9.47 Å². The molecule has 1 N–H and O–H groups in total. The van der Waals surface area contributed by atoms with E-state index in [1.165, 1.54) is 0 Å². The molecule has 0 aliphatic carbocycles. The summed E-state index contributed by atoms with van der Waals surface area (Å²) in [6.45, 7) is 8.15. The van der Waals surface area contributed by atoms with Crippen LogP contribution in [-0.4, -0.2) is 37.2 Å². The van der Waals surface area contributed by atoms with Crippen molar-refractivity contribution >= 4 is 11.9 Å². The second kappa shape index (κ2) is 6.89. The summed E-state index contributed by atoms with van der Waals surface area (Å²) in [6, 6.07) is 0. The van der Waals surface area contributed by atoms with E-state index in [0.717, 1.165) is 0 Å². The normalized spacial score (nSPS) is 34.7. The highest BCUT2D eigenvalue weighted by atomic mass is 16.6. The van der Waals surface area contributed by atoms with Crippen LogP contribution >= 0.6 is 0 Å². The Morgan fingerprint density at radius 1 is 1.05 bits per heavy atom. The fraction of sp³-hybridized carbons (Fsp3) is 0.857. The van der Waals surface area contributed by atoms with Gasteiger partial charge in [0.1, 0.15) is 6.10 Å². The van der Waals surface area contributed by atoms with Crippen LogP contribution in [0.2, 0.25) is 0 Å². The van der Waals surface area contributed by atoms with Crippen molar-refractivity contribution in [3.8, 4) is 0 Å². The molecule has 110 valence electrons. The zero-order valence-electron chi connectivity index (χ0n) is 12.4. The summed E-state index contributed by atoms with van der Waals surface area (Å²) >= 11 is 0. The minimum absolute atomic E-state index is 0.106. The van der Waals surface area contributed by atoms with Crippen molar-refractivity contribution < 1.29 is 19.1 Å². The van der Waals surface area contributed by atoms with E-state index >= 15 is 0 Å². The van der Waals surface area contributed by atoms with E-state index in [9.17, 15) is 9.59 Å². The maximum Gasteiger partial charge on any atom is 0.306 e. The lowest BCUT2D eigenvalue weighted by Crippen LogP contribution is -2.48. The maximum absolute atomic E-state index is 11.8. The van der Waals surface area contributed by atoms with Crippen LogP contribution in [-0.2, 0) is 19.1 Å². The molecule has 5 atom stereocenters. The number of carbonyl (C=O) groups is 2. The van der Waals surface area contributed by atoms with Gasteiger partial charge in [-0.25, -0.2) is 0 Å². The summed E-state index contributed by atoms with van der Waals surface area (Å²) in [5.41, 5.74) is 0. The van der Waals surface area contributed by atoms with Gasteiger partial charge >= 0.3 is 5.97 Å². The Balaban J connectivity index is 2.50. The molecule has 1 fully saturated rings. The molecule has 0 aromatic carbocycles. The van der Waals surface area contributed by atoms with Gasteiger partial charge in [-0.05, 0) is 19.8 Å². The Morgan fingerprint density at radius 2 is 1.68 bits per heavy atom. The number of rotatable bonds is 4. The Morgan fingerprint density at radius 3 is 2.26 bits per heavy atom. The molecule has 0 aromatic rings. The number of esters is 1. The standard InChI is InChI=1S/C14H25NO4/c1-8-9(2)14(11(4)18-10(8)3)19-13(17)7-6-12(16)15-5/h8-11,14H,6-7H2,1-5H3,(H,15,16). The summed E-state index contributed by atoms with van der Waals surface area (Å²) in [5, 5.41) is 2.48. The summed E-state index contributed by atoms with van der Waals surface area (Å²) in [5.74, 6) is 0.105. The topological polar surface area (TPSA) is 64.6 Å². The number of carbonyl (C=O) groups excluding carboxylic acids is 2. The molecule has 1 aliphatic heterocycles. The molecule has 5 heteroatoms. The molecular weight excluding hydrogens is 246 g/mol. The predicted octanol–water partition coefficient (Wildman–Crippen LogP) is 1.50. The zero-order chi connectivity index (χ0) is 14.6. The van der Waals surface area contributed by atoms with Crippen LogP contribution in [0.3, 0.4) is 0 Å². The van der Waals surface area contributed by atoms with Gasteiger partial charge in [0.15, 0.2) is 0 Å². The van der Waals surface area contributed by atoms with Crippen LogP contribution < -0.4 is 5.32 Å². The fourth-order valence-electron chi connectivity index (χ4n) is 2.45. The van der Waals surface area contributed by atoms with Gasteiger partial charge < -0.3 is 14.8 Å². The highest BCUT2D eigenvalue weighted by Crippen LogP contribution is 2.32. The van der Waals surface area contributed by atoms with E-state index in [1.54, 1.807) is 7.05 Å². The number of ether oxygens (including phenoxy) is 2. The quantitative estimate of drug-likeness (QED) is 0.787. The Labute approximate surface area is 115 Å². The van der Waals surface area contributed by atoms with E-state index in [0.29, 0.717) is 5.92 Å². The van der Waals surface area contributed by atoms with Crippen molar-refractivity contribution in [2.24, 2.45) is 11.8 Å². The molecule has 1 rings (SSSR count). The smallest absolute Gasteiger partial charge is 0.306 e. The highest BCUT2D eigenvalue weighted by molar-refractivity contribution is 5.81. The molecule has 0 aromatic heterocycles. The highest BCUT2D eigenvalue weighted by Gasteiger charge is 2.39. The Hall–Kier alpha value is -1.10. The summed E-state index contributed by atoms with van der Waals surface area (Å²) in [6.07, 6.45) is 0.108. The molecular formula is C14H25NO4. The first-order valence-electron chi connectivity index (χ1n) is 6.92. The first-order chi connectivity index (χ1) is 8.86. The molecule has 1 aliphatic rings. The third kappa shape index (κ3) is 4.20. The number of nitrogens with one attached hydrogen (secondary N) is 1. The SMILES string of the molecule is CNC(=O)CCC(=O)OC1C(C)OC(C)C(C)C1C. The second-order valence-corrected chi connectivity index (χ2v) is 5.39. The molecule has 1 saturated heterocycles. The van der Waals surface area contributed by atoms with Gasteiger partial charge in [-0.15, -0.1) is 0 Å². The summed E-state index contributed by atoms with van der Waals surface area (Å²) < 4.78 is 11.3. The third-order valence-electron chi connectivity index (χ3n) is 4.08. The van der Waals surface area contributed by atoms with Gasteiger partial charge in [0, 0.05) is 19.4 Å². The van der Waals surface area contributed by atoms with Crippen molar-refractivity contribution in [2.75, 3.05) is 7.05 Å². The molecule has 5 nitrogen and oxygen atoms in total. The van der Waals surface area contributed by atoms with Gasteiger partial charge in [-0.1, -0.05) is 13.8 Å². The maximum atomic E-state index is 11.8. The van der Waals surface area contributed by atoms with Gasteiger partial charge in [0.05, 0.1) is 18.6 Å². The van der Waals surface area contributed by atoms with Crippen LogP contribution in [0.4, 0.5) is 0 Å². The van der Waals surface area contributed by atoms with Crippen molar-refractivity contribution in [2.45, 2.75) is 58.8 Å². The minimum atomic E-state index is -0.336. The lowest BCUT2D eigenvalue weighted by Gasteiger charge is -2.42. The number of hydrogen-bond acceptors (Lipinski definition) is 4. The molecule has 0 bridgehead atoms. The Kier molecular flexibility index (Phi) is 5.79. The molecule has 19 heavy (non-hydrogen) atoms. The molecule has 0 spiro atoms. The monoisotopic (exact) mass is 271 g/mol. The van der Waals surface area contributed by atoms with E-state index in [-0.39, 0.29) is 48.9 Å². The Bertz CT molecular complexity index is 331. The largest absolute Gasteiger partial charge is 0.459 e. The van der Waals surface area contributed by atoms with Crippen LogP contribution in [0, 0.1) is 11.8 Å². The lowest BCUT2D eigenvalue weighted by atomic mass is 9.82. The van der Waals surface area contributed by atoms with E-state index < -0.39 is 0 Å². The average molecular weight is 271 g/mol. The van der Waals surface area contributed by atoms with Crippen LogP contribution in [0.5, 0.6) is 0 Å². The van der Waals surface area contributed by atoms with E-state index in [2.05, 4.69) is 19.2 Å². The third-order valence-corrected chi connectivity index (χ3v) is 4.08. The number of hydrogen-bond donors (Lipinski definition) is 1. The van der Waals surface area contributed by atoms with Crippen LogP contribution in [0.25, 0.3) is 0 Å². The van der Waals surface area contributed by atoms with Crippen molar-refractivity contribution in [3.63, 3.8) is 0 Å². The van der Waals surface area contributed by atoms with Gasteiger partial charge in [-0.2, -0.15) is 0 Å². The predicted molar refractivity (Wildman–Crippen MR) is 71.5 cm³/mol. The molecule has 1 heterocycles. The van der Waals surface area contributed by atoms with Crippen molar-refractivity contribution in [3.05, 3.63) is 0 Å². The summed E-state index contributed by atoms with van der Waals surface area (Å²) in [7, 11) is 1.55. The van der Waals surface area contributed by atoms with Crippen molar-refractivity contribution in [1.82, 2.24) is 5.32 Å². The average Bonchev–Trinajstić information content (AvgIpc) is 2.38. The van der Waals surface area contributed by atoms with Gasteiger partial charge in [-0.3, -0.25) is 9.59 Å². The molecule has 1 amide bonds. The minimum Gasteiger partial charge on any atom is -0.459 e. The first-order valence-corrected chi connectivity index (χ1v) is 6.92. The van der Waals surface area contributed by atoms with Crippen LogP contribution in [0.1, 0.15) is 40.5 Å². The fourth-order valence-corrected chi connectivity index (χ4v) is 2.45. The molecule has 0 saturated carbocycles. The van der Waals surface area contributed by atoms with Gasteiger partial charge in [0.25, 0.3) is 0 Å². The van der Waals surface area contributed by atoms with Crippen LogP contribution in [0.15, 0.2) is 0 Å².